The number of ether oxygens (including phenoxy) is 2. The summed E-state index contributed by atoms with van der Waals surface area (Å²) < 4.78 is 25.5. The van der Waals surface area contributed by atoms with E-state index in [4.69, 9.17) is 9.47 Å². The quantitative estimate of drug-likeness (QED) is 0.546. The minimum atomic E-state index is -0.409. The molecule has 6 nitrogen and oxygen atoms in total. The van der Waals surface area contributed by atoms with E-state index in [1.54, 1.807) is 31.0 Å². The van der Waals surface area contributed by atoms with Crippen LogP contribution in [0, 0.1) is 5.82 Å². The van der Waals surface area contributed by atoms with Crippen LogP contribution in [0.25, 0.3) is 0 Å². The van der Waals surface area contributed by atoms with Gasteiger partial charge in [-0.3, -0.25) is 0 Å². The summed E-state index contributed by atoms with van der Waals surface area (Å²) in [5.41, 5.74) is 0.970. The van der Waals surface area contributed by atoms with Gasteiger partial charge in [-0.15, -0.1) is 5.10 Å². The van der Waals surface area contributed by atoms with E-state index in [2.05, 4.69) is 31.5 Å². The van der Waals surface area contributed by atoms with Crippen LogP contribution in [0.4, 0.5) is 4.39 Å². The van der Waals surface area contributed by atoms with Gasteiger partial charge in [0.2, 0.25) is 5.16 Å². The summed E-state index contributed by atoms with van der Waals surface area (Å²) in [6.45, 7) is 0.398. The highest BCUT2D eigenvalue weighted by Crippen LogP contribution is 2.23. The highest BCUT2D eigenvalue weighted by atomic mass is 79.9. The molecule has 21 heavy (non-hydrogen) atoms. The number of hydrogen-bond acceptors (Lipinski definition) is 6. The molecule has 0 saturated heterocycles. The molecule has 0 bridgehead atoms. The fourth-order valence-electron chi connectivity index (χ4n) is 1.58. The molecule has 0 atom stereocenters. The van der Waals surface area contributed by atoms with Gasteiger partial charge in [-0.25, -0.2) is 9.07 Å². The molecule has 0 N–H and O–H groups in total. The Bertz CT molecular complexity index is 594. The lowest BCUT2D eigenvalue weighted by Gasteiger charge is -2.13. The van der Waals surface area contributed by atoms with Gasteiger partial charge in [0, 0.05) is 20.0 Å². The fraction of sp³-hybridized carbons (Fsp3) is 0.417. The summed E-state index contributed by atoms with van der Waals surface area (Å²) in [6.07, 6.45) is -0.409. The number of aromatic nitrogens is 4. The Balaban J connectivity index is 2.00. The molecule has 0 radical (unpaired) electrons. The summed E-state index contributed by atoms with van der Waals surface area (Å²) in [6, 6.07) is 4.90. The summed E-state index contributed by atoms with van der Waals surface area (Å²) in [4.78, 5) is 0. The number of thioether (sulfide) groups is 1. The zero-order valence-corrected chi connectivity index (χ0v) is 13.9. The zero-order chi connectivity index (χ0) is 15.2. The molecule has 0 aliphatic carbocycles. The molecule has 1 aromatic heterocycles. The standard InChI is InChI=1S/C12H14BrFN4O2S/c1-19-11(20-2)6-18-12(15-16-17-18)21-7-8-3-4-10(14)9(13)5-8/h3-5,11H,6-7H2,1-2H3. The van der Waals surface area contributed by atoms with Crippen molar-refractivity contribution < 1.29 is 13.9 Å². The van der Waals surface area contributed by atoms with Crippen molar-refractivity contribution in [3.63, 3.8) is 0 Å². The van der Waals surface area contributed by atoms with Gasteiger partial charge in [0.15, 0.2) is 6.29 Å². The van der Waals surface area contributed by atoms with E-state index in [1.807, 2.05) is 0 Å². The summed E-state index contributed by atoms with van der Waals surface area (Å²) in [5, 5.41) is 12.2. The monoisotopic (exact) mass is 376 g/mol. The highest BCUT2D eigenvalue weighted by molar-refractivity contribution is 9.10. The van der Waals surface area contributed by atoms with E-state index in [0.29, 0.717) is 21.9 Å². The third kappa shape index (κ3) is 4.47. The van der Waals surface area contributed by atoms with E-state index in [-0.39, 0.29) is 5.82 Å². The van der Waals surface area contributed by atoms with E-state index in [1.165, 1.54) is 17.8 Å². The fourth-order valence-corrected chi connectivity index (χ4v) is 2.83. The van der Waals surface area contributed by atoms with Gasteiger partial charge in [0.05, 0.1) is 11.0 Å². The third-order valence-corrected chi connectivity index (χ3v) is 4.33. The highest BCUT2D eigenvalue weighted by Gasteiger charge is 2.13. The first-order valence-electron chi connectivity index (χ1n) is 6.02. The lowest BCUT2D eigenvalue weighted by Crippen LogP contribution is -2.21. The van der Waals surface area contributed by atoms with Gasteiger partial charge in [-0.2, -0.15) is 0 Å². The number of benzene rings is 1. The largest absolute Gasteiger partial charge is 0.354 e. The van der Waals surface area contributed by atoms with E-state index >= 15 is 0 Å². The van der Waals surface area contributed by atoms with Crippen molar-refractivity contribution in [1.29, 1.82) is 0 Å². The summed E-state index contributed by atoms with van der Waals surface area (Å²) in [7, 11) is 3.11. The van der Waals surface area contributed by atoms with Crippen molar-refractivity contribution in [2.45, 2.75) is 23.7 Å². The topological polar surface area (TPSA) is 62.1 Å². The number of tetrazole rings is 1. The molecule has 0 spiro atoms. The van der Waals surface area contributed by atoms with Crippen LogP contribution in [0.3, 0.4) is 0 Å². The maximum absolute atomic E-state index is 13.2. The third-order valence-electron chi connectivity index (χ3n) is 2.70. The van der Waals surface area contributed by atoms with Crippen molar-refractivity contribution in [2.75, 3.05) is 14.2 Å². The normalized spacial score (nSPS) is 11.3. The van der Waals surface area contributed by atoms with Crippen LogP contribution < -0.4 is 0 Å². The molecule has 0 aliphatic heterocycles. The van der Waals surface area contributed by atoms with Crippen LogP contribution in [0.1, 0.15) is 5.56 Å². The smallest absolute Gasteiger partial charge is 0.209 e. The second-order valence-corrected chi connectivity index (χ2v) is 5.88. The summed E-state index contributed by atoms with van der Waals surface area (Å²) in [5.74, 6) is 0.348. The lowest BCUT2D eigenvalue weighted by molar-refractivity contribution is -0.113. The predicted molar refractivity (Wildman–Crippen MR) is 79.3 cm³/mol. The summed E-state index contributed by atoms with van der Waals surface area (Å²) >= 11 is 4.62. The molecule has 1 aromatic carbocycles. The van der Waals surface area contributed by atoms with Crippen LogP contribution in [0.2, 0.25) is 0 Å². The second kappa shape index (κ2) is 7.83. The van der Waals surface area contributed by atoms with Gasteiger partial charge >= 0.3 is 0 Å². The Hall–Kier alpha value is -1.03. The Labute approximate surface area is 134 Å². The van der Waals surface area contributed by atoms with Crippen LogP contribution in [0.15, 0.2) is 27.8 Å². The van der Waals surface area contributed by atoms with E-state index < -0.39 is 6.29 Å². The number of rotatable bonds is 7. The van der Waals surface area contributed by atoms with E-state index in [0.717, 1.165) is 5.56 Å². The SMILES string of the molecule is COC(Cn1nnnc1SCc1ccc(F)c(Br)c1)OC. The lowest BCUT2D eigenvalue weighted by atomic mass is 10.2. The number of hydrogen-bond donors (Lipinski definition) is 0. The Kier molecular flexibility index (Phi) is 6.09. The van der Waals surface area contributed by atoms with Crippen LogP contribution in [0.5, 0.6) is 0 Å². The zero-order valence-electron chi connectivity index (χ0n) is 11.5. The number of nitrogens with zero attached hydrogens (tertiary/aromatic N) is 4. The molecular formula is C12H14BrFN4O2S. The van der Waals surface area contributed by atoms with Gasteiger partial charge in [-0.05, 0) is 44.1 Å². The van der Waals surface area contributed by atoms with Crippen LogP contribution >= 0.6 is 27.7 Å². The average molecular weight is 377 g/mol. The van der Waals surface area contributed by atoms with Crippen molar-refractivity contribution >= 4 is 27.7 Å². The average Bonchev–Trinajstić information content (AvgIpc) is 2.93. The van der Waals surface area contributed by atoms with Crippen molar-refractivity contribution in [2.24, 2.45) is 0 Å². The van der Waals surface area contributed by atoms with Gasteiger partial charge in [0.25, 0.3) is 0 Å². The van der Waals surface area contributed by atoms with Crippen molar-refractivity contribution in [3.05, 3.63) is 34.1 Å². The molecule has 114 valence electrons. The Morgan fingerprint density at radius 2 is 2.14 bits per heavy atom. The molecule has 0 saturated carbocycles. The van der Waals surface area contributed by atoms with Gasteiger partial charge < -0.3 is 9.47 Å². The Morgan fingerprint density at radius 3 is 2.81 bits per heavy atom. The molecule has 0 aliphatic rings. The van der Waals surface area contributed by atoms with Crippen molar-refractivity contribution in [3.8, 4) is 0 Å². The first-order chi connectivity index (χ1) is 10.1. The molecule has 0 amide bonds. The van der Waals surface area contributed by atoms with E-state index in [9.17, 15) is 4.39 Å². The molecule has 2 aromatic rings. The first-order valence-corrected chi connectivity index (χ1v) is 7.80. The molecule has 0 unspecified atom stereocenters. The Morgan fingerprint density at radius 1 is 1.38 bits per heavy atom. The number of halogens is 2. The molecular weight excluding hydrogens is 363 g/mol. The molecule has 2 rings (SSSR count). The first kappa shape index (κ1) is 16.3. The van der Waals surface area contributed by atoms with Crippen molar-refractivity contribution in [1.82, 2.24) is 20.2 Å². The maximum atomic E-state index is 13.2. The molecule has 9 heteroatoms. The maximum Gasteiger partial charge on any atom is 0.209 e. The molecule has 0 fully saturated rings. The number of methoxy groups -OCH3 is 2. The van der Waals surface area contributed by atoms with Crippen LogP contribution in [-0.2, 0) is 21.8 Å². The minimum absolute atomic E-state index is 0.281. The van der Waals surface area contributed by atoms with Gasteiger partial charge in [0.1, 0.15) is 5.82 Å². The van der Waals surface area contributed by atoms with Crippen LogP contribution in [-0.4, -0.2) is 40.7 Å². The molecule has 1 heterocycles. The van der Waals surface area contributed by atoms with Gasteiger partial charge in [-0.1, -0.05) is 17.8 Å². The second-order valence-electron chi connectivity index (χ2n) is 4.08. The predicted octanol–water partition coefficient (Wildman–Crippen LogP) is 2.49. The minimum Gasteiger partial charge on any atom is -0.354 e.